The molecule has 6 heteroatoms. The van der Waals surface area contributed by atoms with E-state index in [0.29, 0.717) is 19.3 Å². The number of unbranched alkanes of at least 4 members (excludes halogenated alkanes) is 33. The summed E-state index contributed by atoms with van der Waals surface area (Å²) in [5, 5.41) is 0. The lowest BCUT2D eigenvalue weighted by Gasteiger charge is -2.18. The zero-order valence-electron chi connectivity index (χ0n) is 51.4. The summed E-state index contributed by atoms with van der Waals surface area (Å²) in [6.07, 6.45) is 88.4. The van der Waals surface area contributed by atoms with Gasteiger partial charge in [-0.25, -0.2) is 0 Å². The maximum absolute atomic E-state index is 12.9. The van der Waals surface area contributed by atoms with Gasteiger partial charge in [0, 0.05) is 19.3 Å². The Bertz CT molecular complexity index is 1530. The summed E-state index contributed by atoms with van der Waals surface area (Å²) in [7, 11) is 0. The Morgan fingerprint density at radius 2 is 0.500 bits per heavy atom. The molecule has 0 aliphatic carbocycles. The van der Waals surface area contributed by atoms with Crippen LogP contribution in [0.15, 0.2) is 97.2 Å². The number of hydrogen-bond acceptors (Lipinski definition) is 6. The molecule has 448 valence electrons. The second-order valence-corrected chi connectivity index (χ2v) is 22.0. The average Bonchev–Trinajstić information content (AvgIpc) is 3.44. The van der Waals surface area contributed by atoms with Crippen molar-refractivity contribution in [2.24, 2.45) is 0 Å². The molecule has 0 fully saturated rings. The third-order valence-electron chi connectivity index (χ3n) is 14.3. The fraction of sp³-hybridized carbons (Fsp3) is 0.736. The lowest BCUT2D eigenvalue weighted by molar-refractivity contribution is -0.167. The minimum Gasteiger partial charge on any atom is -0.462 e. The van der Waals surface area contributed by atoms with Gasteiger partial charge in [0.25, 0.3) is 0 Å². The predicted octanol–water partition coefficient (Wildman–Crippen LogP) is 22.8. The minimum atomic E-state index is -0.786. The van der Waals surface area contributed by atoms with Crippen molar-refractivity contribution in [3.63, 3.8) is 0 Å². The van der Waals surface area contributed by atoms with Crippen molar-refractivity contribution >= 4 is 17.9 Å². The van der Waals surface area contributed by atoms with E-state index in [-0.39, 0.29) is 31.1 Å². The van der Waals surface area contributed by atoms with Gasteiger partial charge in [-0.1, -0.05) is 298 Å². The van der Waals surface area contributed by atoms with Crippen molar-refractivity contribution < 1.29 is 28.6 Å². The maximum Gasteiger partial charge on any atom is 0.306 e. The number of esters is 3. The summed E-state index contributed by atoms with van der Waals surface area (Å²) in [6, 6.07) is 0. The number of ether oxygens (including phenoxy) is 3. The molecule has 1 unspecified atom stereocenters. The summed E-state index contributed by atoms with van der Waals surface area (Å²) < 4.78 is 16.9. The van der Waals surface area contributed by atoms with E-state index in [2.05, 4.69) is 118 Å². The second kappa shape index (κ2) is 65.8. The summed E-state index contributed by atoms with van der Waals surface area (Å²) in [6.45, 7) is 6.53. The molecule has 0 rings (SSSR count). The van der Waals surface area contributed by atoms with Crippen LogP contribution in [-0.2, 0) is 28.6 Å². The Hall–Kier alpha value is -3.67. The van der Waals surface area contributed by atoms with Gasteiger partial charge in [0.05, 0.1) is 0 Å². The summed E-state index contributed by atoms with van der Waals surface area (Å²) in [5.74, 6) is -0.886. The number of hydrogen-bond donors (Lipinski definition) is 0. The Morgan fingerprint density at radius 1 is 0.269 bits per heavy atom. The quantitative estimate of drug-likeness (QED) is 0.0261. The van der Waals surface area contributed by atoms with Crippen LogP contribution >= 0.6 is 0 Å². The number of allylic oxidation sites excluding steroid dienone is 16. The minimum absolute atomic E-state index is 0.0810. The number of carbonyl (C=O) groups is 3. The molecular formula is C72H124O6. The van der Waals surface area contributed by atoms with Gasteiger partial charge in [0.15, 0.2) is 6.10 Å². The highest BCUT2D eigenvalue weighted by molar-refractivity contribution is 5.71. The second-order valence-electron chi connectivity index (χ2n) is 22.0. The molecule has 78 heavy (non-hydrogen) atoms. The highest BCUT2D eigenvalue weighted by atomic mass is 16.6. The van der Waals surface area contributed by atoms with E-state index in [1.807, 2.05) is 0 Å². The van der Waals surface area contributed by atoms with Crippen LogP contribution in [0, 0.1) is 0 Å². The molecule has 0 aromatic heterocycles. The molecular weight excluding hydrogens is 961 g/mol. The molecule has 0 saturated carbocycles. The van der Waals surface area contributed by atoms with Crippen LogP contribution in [0.3, 0.4) is 0 Å². The van der Waals surface area contributed by atoms with E-state index in [4.69, 9.17) is 14.2 Å². The molecule has 0 aliphatic heterocycles. The molecule has 0 bridgehead atoms. The van der Waals surface area contributed by atoms with Crippen LogP contribution < -0.4 is 0 Å². The van der Waals surface area contributed by atoms with Gasteiger partial charge in [-0.15, -0.1) is 0 Å². The van der Waals surface area contributed by atoms with Gasteiger partial charge in [0.1, 0.15) is 13.2 Å². The van der Waals surface area contributed by atoms with E-state index < -0.39 is 6.10 Å². The smallest absolute Gasteiger partial charge is 0.306 e. The predicted molar refractivity (Wildman–Crippen MR) is 339 cm³/mol. The van der Waals surface area contributed by atoms with Gasteiger partial charge in [-0.3, -0.25) is 14.4 Å². The molecule has 0 heterocycles. The molecule has 0 aromatic carbocycles. The standard InChI is InChI=1S/C72H124O6/c1-4-7-10-13-16-19-22-25-28-30-31-32-33-34-35-36-37-38-39-40-41-42-45-47-50-53-56-59-62-65-71(74)77-68-69(67-76-70(73)64-61-58-55-52-49-46-43-27-24-21-18-15-12-9-6-3)78-72(75)66-63-60-57-54-51-48-44-29-26-23-20-17-14-11-8-5-2/h7,10,16,19-20,23,25,28-29,31-32,34-35,37-38,44,69H,4-6,8-9,11-15,17-18,21-22,24,26-27,30,33,36,39-43,45-68H2,1-3H3/b10-7-,19-16-,23-20-,28-25-,32-31-,35-34-,38-37-,44-29-. The molecule has 0 amide bonds. The van der Waals surface area contributed by atoms with Gasteiger partial charge < -0.3 is 14.2 Å². The van der Waals surface area contributed by atoms with Crippen LogP contribution in [0.25, 0.3) is 0 Å². The van der Waals surface area contributed by atoms with Gasteiger partial charge in [-0.2, -0.15) is 0 Å². The van der Waals surface area contributed by atoms with Crippen molar-refractivity contribution in [1.29, 1.82) is 0 Å². The van der Waals surface area contributed by atoms with Crippen molar-refractivity contribution in [2.45, 2.75) is 329 Å². The van der Waals surface area contributed by atoms with Gasteiger partial charge in [-0.05, 0) is 103 Å². The van der Waals surface area contributed by atoms with Gasteiger partial charge >= 0.3 is 17.9 Å². The monoisotopic (exact) mass is 1080 g/mol. The number of carbonyl (C=O) groups excluding carboxylic acids is 3. The van der Waals surface area contributed by atoms with Crippen LogP contribution in [0.5, 0.6) is 0 Å². The van der Waals surface area contributed by atoms with Crippen molar-refractivity contribution in [1.82, 2.24) is 0 Å². The van der Waals surface area contributed by atoms with Crippen molar-refractivity contribution in [3.8, 4) is 0 Å². The molecule has 1 atom stereocenters. The van der Waals surface area contributed by atoms with E-state index in [1.54, 1.807) is 0 Å². The normalized spacial score (nSPS) is 12.7. The molecule has 0 aromatic rings. The first-order valence-electron chi connectivity index (χ1n) is 33.2. The van der Waals surface area contributed by atoms with E-state index in [0.717, 1.165) is 122 Å². The third kappa shape index (κ3) is 63.2. The lowest BCUT2D eigenvalue weighted by Crippen LogP contribution is -2.30. The summed E-state index contributed by atoms with van der Waals surface area (Å²) in [5.41, 5.74) is 0. The molecule has 0 N–H and O–H groups in total. The molecule has 0 radical (unpaired) electrons. The third-order valence-corrected chi connectivity index (χ3v) is 14.3. The van der Waals surface area contributed by atoms with Crippen molar-refractivity contribution in [3.05, 3.63) is 97.2 Å². The van der Waals surface area contributed by atoms with E-state index >= 15 is 0 Å². The van der Waals surface area contributed by atoms with Crippen LogP contribution in [0.2, 0.25) is 0 Å². The molecule has 6 nitrogen and oxygen atoms in total. The Morgan fingerprint density at radius 3 is 0.795 bits per heavy atom. The van der Waals surface area contributed by atoms with E-state index in [1.165, 1.54) is 161 Å². The van der Waals surface area contributed by atoms with Gasteiger partial charge in [0.2, 0.25) is 0 Å². The number of rotatable bonds is 60. The molecule has 0 spiro atoms. The largest absolute Gasteiger partial charge is 0.462 e. The van der Waals surface area contributed by atoms with Crippen LogP contribution in [0.4, 0.5) is 0 Å². The zero-order valence-corrected chi connectivity index (χ0v) is 51.4. The van der Waals surface area contributed by atoms with Crippen LogP contribution in [-0.4, -0.2) is 37.2 Å². The Kier molecular flexibility index (Phi) is 62.7. The molecule has 0 saturated heterocycles. The summed E-state index contributed by atoms with van der Waals surface area (Å²) in [4.78, 5) is 38.3. The average molecular weight is 1090 g/mol. The topological polar surface area (TPSA) is 78.9 Å². The maximum atomic E-state index is 12.9. The SMILES string of the molecule is CC/C=C\C/C=C\C/C=C\C/C=C\C/C=C\C/C=C\CCCCCCCCCCCCC(=O)OCC(COC(=O)CCCCCCCCCCCCCCCCC)OC(=O)CCCCCCC/C=C\C/C=C\CCCCCC. The fourth-order valence-electron chi connectivity index (χ4n) is 9.36. The molecule has 0 aliphatic rings. The first kappa shape index (κ1) is 74.3. The summed E-state index contributed by atoms with van der Waals surface area (Å²) >= 11 is 0. The van der Waals surface area contributed by atoms with Crippen molar-refractivity contribution in [2.75, 3.05) is 13.2 Å². The fourth-order valence-corrected chi connectivity index (χ4v) is 9.36. The Labute approximate surface area is 483 Å². The van der Waals surface area contributed by atoms with Crippen LogP contribution in [0.1, 0.15) is 323 Å². The zero-order chi connectivity index (χ0) is 56.4. The Balaban J connectivity index is 4.30. The lowest BCUT2D eigenvalue weighted by atomic mass is 10.0. The first-order chi connectivity index (χ1) is 38.5. The highest BCUT2D eigenvalue weighted by Crippen LogP contribution is 2.17. The first-order valence-corrected chi connectivity index (χ1v) is 33.2. The highest BCUT2D eigenvalue weighted by Gasteiger charge is 2.19. The van der Waals surface area contributed by atoms with E-state index in [9.17, 15) is 14.4 Å².